The molecule has 6 aromatic carbocycles. The van der Waals surface area contributed by atoms with E-state index in [-0.39, 0.29) is 0 Å². The Balaban J connectivity index is 1.30. The molecule has 0 aliphatic rings. The van der Waals surface area contributed by atoms with Crippen LogP contribution in [0, 0.1) is 0 Å². The highest BCUT2D eigenvalue weighted by Crippen LogP contribution is 2.37. The first-order valence-corrected chi connectivity index (χ1v) is 16.2. The summed E-state index contributed by atoms with van der Waals surface area (Å²) in [4.78, 5) is 27.9. The average molecular weight is 629 g/mol. The van der Waals surface area contributed by atoms with Gasteiger partial charge in [0.05, 0.1) is 0 Å². The zero-order valence-electron chi connectivity index (χ0n) is 27.3. The molecule has 0 spiro atoms. The molecule has 0 amide bonds. The van der Waals surface area contributed by atoms with Crippen LogP contribution in [0.25, 0.3) is 43.1 Å². The lowest BCUT2D eigenvalue weighted by atomic mass is 9.93. The molecule has 0 aromatic heterocycles. The number of carbonyl (C=O) groups excluding carboxylic acids is 2. The summed E-state index contributed by atoms with van der Waals surface area (Å²) in [5, 5.41) is 7.70. The van der Waals surface area contributed by atoms with Crippen molar-refractivity contribution in [3.63, 3.8) is 0 Å². The number of fused-ring (bicyclic) bond motifs is 4. The van der Waals surface area contributed by atoms with Gasteiger partial charge in [-0.3, -0.25) is 0 Å². The standard InChI is InChI=1S/C41H40O6/c1-5-6-23-35(47-41(43)39(45-4)37-33-21-13-9-17-29(33)25-30-18-10-14-22-34(30)37)26(2)46-40(42)38(44-3)36-31-19-11-7-15-27(31)24-28-16-8-12-20-32(28)36/h7-22,24-26,35,38-39H,5-6,23H2,1-4H3/t26-,35+,38?,39?/m0/s1. The van der Waals surface area contributed by atoms with Crippen molar-refractivity contribution in [2.75, 3.05) is 14.2 Å². The van der Waals surface area contributed by atoms with Gasteiger partial charge in [0.25, 0.3) is 0 Å². The molecule has 6 rings (SSSR count). The van der Waals surface area contributed by atoms with E-state index < -0.39 is 36.4 Å². The first kappa shape index (κ1) is 32.2. The number of esters is 2. The van der Waals surface area contributed by atoms with Crippen molar-refractivity contribution in [1.82, 2.24) is 0 Å². The third kappa shape index (κ3) is 6.44. The number of hydrogen-bond donors (Lipinski definition) is 0. The van der Waals surface area contributed by atoms with Crippen molar-refractivity contribution >= 4 is 55.0 Å². The van der Waals surface area contributed by atoms with Crippen LogP contribution >= 0.6 is 0 Å². The average Bonchev–Trinajstić information content (AvgIpc) is 3.10. The second-order valence-electron chi connectivity index (χ2n) is 12.0. The summed E-state index contributed by atoms with van der Waals surface area (Å²) in [5.74, 6) is -1.07. The summed E-state index contributed by atoms with van der Waals surface area (Å²) in [6, 6.07) is 36.0. The van der Waals surface area contributed by atoms with Gasteiger partial charge in [-0.25, -0.2) is 9.59 Å². The van der Waals surface area contributed by atoms with Crippen molar-refractivity contribution in [3.05, 3.63) is 120 Å². The fourth-order valence-electron chi connectivity index (χ4n) is 6.65. The highest BCUT2D eigenvalue weighted by molar-refractivity contribution is 6.06. The summed E-state index contributed by atoms with van der Waals surface area (Å²) in [5.41, 5.74) is 1.51. The Morgan fingerprint density at radius 3 is 1.30 bits per heavy atom. The molecule has 0 saturated carbocycles. The molecule has 0 fully saturated rings. The topological polar surface area (TPSA) is 71.1 Å². The summed E-state index contributed by atoms with van der Waals surface area (Å²) < 4.78 is 24.0. The van der Waals surface area contributed by atoms with Crippen molar-refractivity contribution in [1.29, 1.82) is 0 Å². The quantitative estimate of drug-likeness (QED) is 0.0993. The SMILES string of the molecule is CCCC[C@@H](OC(=O)C(OC)c1c2ccccc2cc2ccccc12)[C@H](C)OC(=O)C(OC)c1c2ccccc2cc2ccccc12. The molecule has 4 atom stereocenters. The van der Waals surface area contributed by atoms with E-state index >= 15 is 0 Å². The monoisotopic (exact) mass is 628 g/mol. The zero-order valence-corrected chi connectivity index (χ0v) is 27.3. The lowest BCUT2D eigenvalue weighted by Crippen LogP contribution is -2.36. The summed E-state index contributed by atoms with van der Waals surface area (Å²) in [7, 11) is 3.03. The molecule has 0 N–H and O–H groups in total. The van der Waals surface area contributed by atoms with Gasteiger partial charge >= 0.3 is 11.9 Å². The van der Waals surface area contributed by atoms with Crippen LogP contribution in [0.15, 0.2) is 109 Å². The van der Waals surface area contributed by atoms with E-state index in [9.17, 15) is 9.59 Å². The molecular formula is C41H40O6. The van der Waals surface area contributed by atoms with E-state index in [1.807, 2.05) is 97.1 Å². The zero-order chi connectivity index (χ0) is 32.9. The number of ether oxygens (including phenoxy) is 4. The Kier molecular flexibility index (Phi) is 9.81. The molecule has 0 radical (unpaired) electrons. The Morgan fingerprint density at radius 2 is 0.936 bits per heavy atom. The fraction of sp³-hybridized carbons (Fsp3) is 0.268. The van der Waals surface area contributed by atoms with Gasteiger partial charge in [0.1, 0.15) is 12.2 Å². The van der Waals surface area contributed by atoms with Crippen LogP contribution in [-0.4, -0.2) is 38.4 Å². The van der Waals surface area contributed by atoms with Gasteiger partial charge in [-0.2, -0.15) is 0 Å². The first-order chi connectivity index (χ1) is 22.9. The van der Waals surface area contributed by atoms with E-state index in [0.29, 0.717) is 6.42 Å². The molecule has 240 valence electrons. The maximum atomic E-state index is 14.0. The molecule has 0 aliphatic heterocycles. The number of carbonyl (C=O) groups is 2. The predicted molar refractivity (Wildman–Crippen MR) is 187 cm³/mol. The second kappa shape index (κ2) is 14.3. The summed E-state index contributed by atoms with van der Waals surface area (Å²) in [6.07, 6.45) is -1.18. The van der Waals surface area contributed by atoms with Crippen LogP contribution in [0.3, 0.4) is 0 Å². The maximum Gasteiger partial charge on any atom is 0.340 e. The minimum atomic E-state index is -0.982. The van der Waals surface area contributed by atoms with E-state index in [1.54, 1.807) is 6.92 Å². The molecule has 2 unspecified atom stereocenters. The van der Waals surface area contributed by atoms with Gasteiger partial charge < -0.3 is 18.9 Å². The molecule has 6 nitrogen and oxygen atoms in total. The van der Waals surface area contributed by atoms with E-state index in [1.165, 1.54) is 14.2 Å². The highest BCUT2D eigenvalue weighted by atomic mass is 16.6. The molecule has 0 heterocycles. The number of hydrogen-bond acceptors (Lipinski definition) is 6. The van der Waals surface area contributed by atoms with Gasteiger partial charge in [0.2, 0.25) is 0 Å². The highest BCUT2D eigenvalue weighted by Gasteiger charge is 2.34. The largest absolute Gasteiger partial charge is 0.457 e. The minimum Gasteiger partial charge on any atom is -0.457 e. The molecule has 0 bridgehead atoms. The molecule has 47 heavy (non-hydrogen) atoms. The Morgan fingerprint density at radius 1 is 0.574 bits per heavy atom. The van der Waals surface area contributed by atoms with Crippen LogP contribution in [-0.2, 0) is 28.5 Å². The Hall–Kier alpha value is -4.78. The van der Waals surface area contributed by atoms with E-state index in [0.717, 1.165) is 67.1 Å². The van der Waals surface area contributed by atoms with Gasteiger partial charge in [-0.15, -0.1) is 0 Å². The first-order valence-electron chi connectivity index (χ1n) is 16.2. The lowest BCUT2D eigenvalue weighted by Gasteiger charge is -2.28. The number of unbranched alkanes of at least 4 members (excludes halogenated alkanes) is 1. The van der Waals surface area contributed by atoms with E-state index in [4.69, 9.17) is 18.9 Å². The summed E-state index contributed by atoms with van der Waals surface area (Å²) >= 11 is 0. The van der Waals surface area contributed by atoms with Crippen molar-refractivity contribution in [3.8, 4) is 0 Å². The van der Waals surface area contributed by atoms with Crippen LogP contribution in [0.2, 0.25) is 0 Å². The lowest BCUT2D eigenvalue weighted by molar-refractivity contribution is -0.179. The molecule has 6 aromatic rings. The predicted octanol–water partition coefficient (Wildman–Crippen LogP) is 9.41. The van der Waals surface area contributed by atoms with Crippen LogP contribution < -0.4 is 0 Å². The van der Waals surface area contributed by atoms with Crippen molar-refractivity contribution in [2.45, 2.75) is 57.5 Å². The Bertz CT molecular complexity index is 1940. The normalized spacial score (nSPS) is 14.2. The van der Waals surface area contributed by atoms with Crippen LogP contribution in [0.4, 0.5) is 0 Å². The van der Waals surface area contributed by atoms with Crippen LogP contribution in [0.1, 0.15) is 56.4 Å². The van der Waals surface area contributed by atoms with Crippen LogP contribution in [0.5, 0.6) is 0 Å². The third-order valence-electron chi connectivity index (χ3n) is 8.99. The minimum absolute atomic E-state index is 0.526. The Labute approximate surface area is 275 Å². The number of rotatable bonds is 12. The number of methoxy groups -OCH3 is 2. The number of benzene rings is 6. The summed E-state index contributed by atoms with van der Waals surface area (Å²) in [6.45, 7) is 3.84. The van der Waals surface area contributed by atoms with Gasteiger partial charge in [0, 0.05) is 25.3 Å². The molecule has 0 saturated heterocycles. The second-order valence-corrected chi connectivity index (χ2v) is 12.0. The smallest absolute Gasteiger partial charge is 0.340 e. The van der Waals surface area contributed by atoms with E-state index in [2.05, 4.69) is 19.1 Å². The van der Waals surface area contributed by atoms with Crippen molar-refractivity contribution < 1.29 is 28.5 Å². The van der Waals surface area contributed by atoms with Gasteiger partial charge in [0.15, 0.2) is 12.2 Å². The molecular weight excluding hydrogens is 588 g/mol. The van der Waals surface area contributed by atoms with Gasteiger partial charge in [-0.05, 0) is 75.0 Å². The fourth-order valence-corrected chi connectivity index (χ4v) is 6.65. The van der Waals surface area contributed by atoms with Gasteiger partial charge in [-0.1, -0.05) is 110 Å². The third-order valence-corrected chi connectivity index (χ3v) is 8.99. The van der Waals surface area contributed by atoms with Crippen molar-refractivity contribution in [2.24, 2.45) is 0 Å². The molecule has 6 heteroatoms. The maximum absolute atomic E-state index is 14.0. The molecule has 0 aliphatic carbocycles.